The van der Waals surface area contributed by atoms with Gasteiger partial charge in [-0.15, -0.1) is 11.3 Å². The number of thiophene rings is 1. The molecule has 0 spiro atoms. The van der Waals surface area contributed by atoms with Gasteiger partial charge in [0.25, 0.3) is 0 Å². The first-order valence-electron chi connectivity index (χ1n) is 18.4. The lowest BCUT2D eigenvalue weighted by atomic mass is 9.88. The topological polar surface area (TPSA) is 3.24 Å². The van der Waals surface area contributed by atoms with Crippen molar-refractivity contribution in [3.05, 3.63) is 212 Å². The minimum absolute atomic E-state index is 1.10. The van der Waals surface area contributed by atoms with Gasteiger partial charge in [0.15, 0.2) is 0 Å². The summed E-state index contributed by atoms with van der Waals surface area (Å²) in [6.07, 6.45) is 0. The first-order chi connectivity index (χ1) is 26.8. The molecule has 0 saturated heterocycles. The van der Waals surface area contributed by atoms with Gasteiger partial charge >= 0.3 is 0 Å². The van der Waals surface area contributed by atoms with Crippen molar-refractivity contribution >= 4 is 59.3 Å². The van der Waals surface area contributed by atoms with Crippen LogP contribution in [0, 0.1) is 0 Å². The van der Waals surface area contributed by atoms with Crippen LogP contribution in [0.2, 0.25) is 0 Å². The zero-order valence-electron chi connectivity index (χ0n) is 29.6. The molecule has 0 bridgehead atoms. The van der Waals surface area contributed by atoms with E-state index in [2.05, 4.69) is 217 Å². The molecule has 0 aliphatic carbocycles. The van der Waals surface area contributed by atoms with E-state index < -0.39 is 0 Å². The number of hydrogen-bond donors (Lipinski definition) is 0. The van der Waals surface area contributed by atoms with Crippen LogP contribution in [0.1, 0.15) is 0 Å². The van der Waals surface area contributed by atoms with Crippen molar-refractivity contribution in [1.29, 1.82) is 0 Å². The molecule has 0 fully saturated rings. The molecule has 2 heteroatoms. The van der Waals surface area contributed by atoms with Gasteiger partial charge in [-0.1, -0.05) is 176 Å². The lowest BCUT2D eigenvalue weighted by Crippen LogP contribution is -2.11. The molecule has 0 amide bonds. The Labute approximate surface area is 319 Å². The first-order valence-corrected chi connectivity index (χ1v) is 19.2. The van der Waals surface area contributed by atoms with E-state index in [1.54, 1.807) is 0 Å². The molecule has 254 valence electrons. The third kappa shape index (κ3) is 5.65. The summed E-state index contributed by atoms with van der Waals surface area (Å²) in [5, 5.41) is 5.07. The average molecular weight is 706 g/mol. The van der Waals surface area contributed by atoms with E-state index in [9.17, 15) is 0 Å². The highest BCUT2D eigenvalue weighted by atomic mass is 32.1. The Morgan fingerprint density at radius 1 is 0.315 bits per heavy atom. The van der Waals surface area contributed by atoms with Crippen LogP contribution in [-0.4, -0.2) is 0 Å². The average Bonchev–Trinajstić information content (AvgIpc) is 3.64. The van der Waals surface area contributed by atoms with Crippen LogP contribution in [0.25, 0.3) is 75.5 Å². The van der Waals surface area contributed by atoms with Crippen LogP contribution in [0.4, 0.5) is 17.1 Å². The van der Waals surface area contributed by atoms with Crippen LogP contribution in [-0.2, 0) is 0 Å². The van der Waals surface area contributed by atoms with Crippen molar-refractivity contribution < 1.29 is 0 Å². The van der Waals surface area contributed by atoms with E-state index in [-0.39, 0.29) is 0 Å². The second kappa shape index (κ2) is 13.7. The van der Waals surface area contributed by atoms with Crippen molar-refractivity contribution in [2.24, 2.45) is 0 Å². The second-order valence-electron chi connectivity index (χ2n) is 13.7. The van der Waals surface area contributed by atoms with Gasteiger partial charge in [-0.25, -0.2) is 0 Å². The standard InChI is InChI=1S/C52H35NS/c1-2-16-37(17-3-1)42-19-6-7-20-44(42)45-21-8-9-22-46(45)47-23-10-12-27-50(47)53(41-34-29-36-15-4-5-18-39(36)35-41)40-32-30-38(31-33-40)43-25-14-26-49-48-24-11-13-28-51(48)54-52(43)49/h1-35H. The molecule has 0 atom stereocenters. The molecule has 10 rings (SSSR count). The first kappa shape index (κ1) is 32.0. The molecule has 0 aliphatic rings. The van der Waals surface area contributed by atoms with E-state index in [1.807, 2.05) is 11.3 Å². The quantitative estimate of drug-likeness (QED) is 0.160. The van der Waals surface area contributed by atoms with Crippen molar-refractivity contribution in [3.8, 4) is 44.5 Å². The fourth-order valence-electron chi connectivity index (χ4n) is 7.94. The van der Waals surface area contributed by atoms with Crippen LogP contribution in [0.15, 0.2) is 212 Å². The molecule has 0 saturated carbocycles. The zero-order chi connectivity index (χ0) is 35.8. The van der Waals surface area contributed by atoms with Crippen LogP contribution >= 0.6 is 11.3 Å². The minimum Gasteiger partial charge on any atom is -0.310 e. The highest BCUT2D eigenvalue weighted by Gasteiger charge is 2.21. The Bertz CT molecular complexity index is 2940. The maximum Gasteiger partial charge on any atom is 0.0540 e. The largest absolute Gasteiger partial charge is 0.310 e. The highest BCUT2D eigenvalue weighted by Crippen LogP contribution is 2.46. The fraction of sp³-hybridized carbons (Fsp3) is 0. The molecule has 1 heterocycles. The summed E-state index contributed by atoms with van der Waals surface area (Å²) < 4.78 is 2.65. The Balaban J connectivity index is 1.14. The molecular weight excluding hydrogens is 671 g/mol. The van der Waals surface area contributed by atoms with Gasteiger partial charge in [0.05, 0.1) is 5.69 Å². The lowest BCUT2D eigenvalue weighted by molar-refractivity contribution is 1.29. The summed E-state index contributed by atoms with van der Waals surface area (Å²) in [5.41, 5.74) is 13.0. The van der Waals surface area contributed by atoms with Gasteiger partial charge in [-0.3, -0.25) is 0 Å². The predicted octanol–water partition coefficient (Wildman–Crippen LogP) is 15.3. The minimum atomic E-state index is 1.10. The molecule has 1 aromatic heterocycles. The van der Waals surface area contributed by atoms with Gasteiger partial charge in [0.1, 0.15) is 0 Å². The zero-order valence-corrected chi connectivity index (χ0v) is 30.4. The number of anilines is 3. The third-order valence-corrected chi connectivity index (χ3v) is 11.7. The molecule has 1 nitrogen and oxygen atoms in total. The van der Waals surface area contributed by atoms with Gasteiger partial charge < -0.3 is 4.90 Å². The number of benzene rings is 9. The van der Waals surface area contributed by atoms with Crippen molar-refractivity contribution in [1.82, 2.24) is 0 Å². The van der Waals surface area contributed by atoms with Gasteiger partial charge in [0.2, 0.25) is 0 Å². The summed E-state index contributed by atoms with van der Waals surface area (Å²) in [6.45, 7) is 0. The molecule has 9 aromatic carbocycles. The van der Waals surface area contributed by atoms with E-state index >= 15 is 0 Å². The summed E-state index contributed by atoms with van der Waals surface area (Å²) in [4.78, 5) is 2.42. The van der Waals surface area contributed by atoms with E-state index in [1.165, 1.54) is 75.5 Å². The summed E-state index contributed by atoms with van der Waals surface area (Å²) in [6, 6.07) is 77.1. The molecular formula is C52H35NS. The summed E-state index contributed by atoms with van der Waals surface area (Å²) in [7, 11) is 0. The predicted molar refractivity (Wildman–Crippen MR) is 233 cm³/mol. The number of fused-ring (bicyclic) bond motifs is 4. The molecule has 0 unspecified atom stereocenters. The fourth-order valence-corrected chi connectivity index (χ4v) is 9.18. The molecule has 54 heavy (non-hydrogen) atoms. The SMILES string of the molecule is c1ccc(-c2ccccc2-c2ccccc2-c2ccccc2N(c2ccc(-c3cccc4c3sc3ccccc34)cc2)c2ccc3ccccc3c2)cc1. The smallest absolute Gasteiger partial charge is 0.0540 e. The highest BCUT2D eigenvalue weighted by molar-refractivity contribution is 7.26. The monoisotopic (exact) mass is 705 g/mol. The Hall–Kier alpha value is -6.74. The van der Waals surface area contributed by atoms with E-state index in [0.29, 0.717) is 0 Å². The maximum absolute atomic E-state index is 2.42. The summed E-state index contributed by atoms with van der Waals surface area (Å²) in [5.74, 6) is 0. The van der Waals surface area contributed by atoms with Gasteiger partial charge in [-0.05, 0) is 86.1 Å². The maximum atomic E-state index is 2.42. The van der Waals surface area contributed by atoms with E-state index in [0.717, 1.165) is 17.1 Å². The van der Waals surface area contributed by atoms with Crippen molar-refractivity contribution in [2.45, 2.75) is 0 Å². The van der Waals surface area contributed by atoms with Crippen molar-refractivity contribution in [3.63, 3.8) is 0 Å². The van der Waals surface area contributed by atoms with Gasteiger partial charge in [0, 0.05) is 37.1 Å². The number of hydrogen-bond acceptors (Lipinski definition) is 2. The number of para-hydroxylation sites is 1. The number of rotatable bonds is 7. The Morgan fingerprint density at radius 3 is 1.65 bits per heavy atom. The number of nitrogens with zero attached hydrogens (tertiary/aromatic N) is 1. The van der Waals surface area contributed by atoms with Gasteiger partial charge in [-0.2, -0.15) is 0 Å². The molecule has 0 N–H and O–H groups in total. The molecule has 0 aliphatic heterocycles. The second-order valence-corrected chi connectivity index (χ2v) is 14.7. The van der Waals surface area contributed by atoms with Crippen molar-refractivity contribution in [2.75, 3.05) is 4.90 Å². The Kier molecular flexibility index (Phi) is 8.09. The normalized spacial score (nSPS) is 11.3. The lowest BCUT2D eigenvalue weighted by Gasteiger charge is -2.29. The Morgan fingerprint density at radius 2 is 0.852 bits per heavy atom. The van der Waals surface area contributed by atoms with Crippen LogP contribution < -0.4 is 4.90 Å². The summed E-state index contributed by atoms with van der Waals surface area (Å²) >= 11 is 1.88. The van der Waals surface area contributed by atoms with Crippen LogP contribution in [0.3, 0.4) is 0 Å². The molecule has 10 aromatic rings. The molecule has 0 radical (unpaired) electrons. The van der Waals surface area contributed by atoms with E-state index in [4.69, 9.17) is 0 Å². The van der Waals surface area contributed by atoms with Crippen LogP contribution in [0.5, 0.6) is 0 Å². The third-order valence-electron chi connectivity index (χ3n) is 10.5.